The zero-order valence-electron chi connectivity index (χ0n) is 16.0. The van der Waals surface area contributed by atoms with Gasteiger partial charge in [-0.3, -0.25) is 14.7 Å². The Hall–Kier alpha value is -2.14. The van der Waals surface area contributed by atoms with E-state index in [0.29, 0.717) is 31.9 Å². The van der Waals surface area contributed by atoms with Crippen LogP contribution in [0.15, 0.2) is 63.3 Å². The maximum Gasteiger partial charge on any atom is 0.254 e. The fourth-order valence-electron chi connectivity index (χ4n) is 2.93. The fraction of sp³-hybridized carbons (Fsp3) is 0.316. The molecule has 0 radical (unpaired) electrons. The predicted octanol–water partition coefficient (Wildman–Crippen LogP) is 1.69. The number of carbonyl (C=O) groups excluding carboxylic acids is 1. The maximum atomic E-state index is 12.7. The lowest BCUT2D eigenvalue weighted by Gasteiger charge is -2.33. The van der Waals surface area contributed by atoms with E-state index in [9.17, 15) is 13.2 Å². The quantitative estimate of drug-likeness (QED) is 0.502. The molecule has 29 heavy (non-hydrogen) atoms. The summed E-state index contributed by atoms with van der Waals surface area (Å²) in [6.07, 6.45) is 3.33. The molecule has 8 nitrogen and oxygen atoms in total. The summed E-state index contributed by atoms with van der Waals surface area (Å²) in [7, 11) is -3.52. The molecule has 1 aromatic carbocycles. The number of amides is 1. The van der Waals surface area contributed by atoms with Gasteiger partial charge in [0.15, 0.2) is 0 Å². The molecule has 1 fully saturated rings. The van der Waals surface area contributed by atoms with Crippen molar-refractivity contribution in [2.45, 2.75) is 11.8 Å². The molecule has 2 heterocycles. The van der Waals surface area contributed by atoms with E-state index in [2.05, 4.69) is 31.4 Å². The Morgan fingerprint density at radius 1 is 1.10 bits per heavy atom. The van der Waals surface area contributed by atoms with Crippen molar-refractivity contribution in [2.24, 2.45) is 5.10 Å². The van der Waals surface area contributed by atoms with Crippen LogP contribution in [0.4, 0.5) is 0 Å². The zero-order valence-corrected chi connectivity index (χ0v) is 18.4. The van der Waals surface area contributed by atoms with Crippen LogP contribution in [0.5, 0.6) is 0 Å². The number of hydrogen-bond donors (Lipinski definition) is 1. The number of carbonyl (C=O) groups is 1. The molecule has 1 saturated heterocycles. The van der Waals surface area contributed by atoms with E-state index >= 15 is 0 Å². The molecule has 1 aliphatic heterocycles. The van der Waals surface area contributed by atoms with Crippen LogP contribution in [0, 0.1) is 0 Å². The number of halogens is 1. The summed E-state index contributed by atoms with van der Waals surface area (Å²) in [5.41, 5.74) is 4.12. The Morgan fingerprint density at radius 3 is 2.34 bits per heavy atom. The molecule has 0 aliphatic carbocycles. The molecular formula is C19H22BrN5O3S. The van der Waals surface area contributed by atoms with Crippen molar-refractivity contribution in [3.8, 4) is 0 Å². The van der Waals surface area contributed by atoms with Crippen molar-refractivity contribution in [2.75, 3.05) is 32.7 Å². The number of nitrogens with zero attached hydrogens (tertiary/aromatic N) is 4. The van der Waals surface area contributed by atoms with E-state index < -0.39 is 10.0 Å². The molecule has 0 bridgehead atoms. The minimum absolute atomic E-state index is 0.166. The molecule has 154 valence electrons. The van der Waals surface area contributed by atoms with E-state index in [-0.39, 0.29) is 17.3 Å². The molecule has 1 aromatic heterocycles. The van der Waals surface area contributed by atoms with Gasteiger partial charge in [-0.05, 0) is 43.3 Å². The van der Waals surface area contributed by atoms with Gasteiger partial charge in [-0.25, -0.2) is 13.8 Å². The second-order valence-electron chi connectivity index (χ2n) is 6.60. The molecule has 1 N–H and O–H groups in total. The normalized spacial score (nSPS) is 16.6. The van der Waals surface area contributed by atoms with Crippen molar-refractivity contribution >= 4 is 37.6 Å². The molecule has 0 saturated carbocycles. The predicted molar refractivity (Wildman–Crippen MR) is 114 cm³/mol. The zero-order chi connectivity index (χ0) is 20.9. The monoisotopic (exact) mass is 479 g/mol. The van der Waals surface area contributed by atoms with Crippen LogP contribution >= 0.6 is 15.9 Å². The highest BCUT2D eigenvalue weighted by Crippen LogP contribution is 2.20. The lowest BCUT2D eigenvalue weighted by atomic mass is 10.2. The first-order valence-corrected chi connectivity index (χ1v) is 11.3. The minimum atomic E-state index is -3.52. The molecule has 2 aromatic rings. The second kappa shape index (κ2) is 9.57. The standard InChI is InChI=1S/C19H22BrN5O3S/c1-15(16-6-8-21-9-7-16)22-23-19(26)14-24-10-12-25(13-11-24)29(27,28)18-4-2-17(20)3-5-18/h2-9H,10-14H2,1H3,(H,23,26)/b22-15+. The highest BCUT2D eigenvalue weighted by Gasteiger charge is 2.28. The van der Waals surface area contributed by atoms with Crippen molar-refractivity contribution in [3.05, 3.63) is 58.8 Å². The molecule has 1 amide bonds. The molecule has 0 unspecified atom stereocenters. The van der Waals surface area contributed by atoms with Crippen LogP contribution in [0.1, 0.15) is 12.5 Å². The summed E-state index contributed by atoms with van der Waals surface area (Å²) in [6, 6.07) is 10.2. The number of piperazine rings is 1. The Bertz CT molecular complexity index is 973. The Kier molecular flexibility index (Phi) is 7.12. The first-order chi connectivity index (χ1) is 13.9. The average Bonchev–Trinajstić information content (AvgIpc) is 2.73. The molecule has 10 heteroatoms. The number of hydrogen-bond acceptors (Lipinski definition) is 6. The van der Waals surface area contributed by atoms with Crippen molar-refractivity contribution in [1.29, 1.82) is 0 Å². The summed E-state index contributed by atoms with van der Waals surface area (Å²) < 4.78 is 27.7. The molecule has 1 aliphatic rings. The van der Waals surface area contributed by atoms with Crippen LogP contribution in [0.2, 0.25) is 0 Å². The number of nitrogens with one attached hydrogen (secondary N) is 1. The SMILES string of the molecule is C/C(=N\NC(=O)CN1CCN(S(=O)(=O)c2ccc(Br)cc2)CC1)c1ccncc1. The molecule has 0 spiro atoms. The number of hydrazone groups is 1. The van der Waals surface area contributed by atoms with E-state index in [0.717, 1.165) is 10.0 Å². The molecule has 0 atom stereocenters. The van der Waals surface area contributed by atoms with E-state index in [1.165, 1.54) is 4.31 Å². The van der Waals surface area contributed by atoms with Gasteiger partial charge >= 0.3 is 0 Å². The van der Waals surface area contributed by atoms with Gasteiger partial charge in [0.25, 0.3) is 5.91 Å². The third kappa shape index (κ3) is 5.69. The second-order valence-corrected chi connectivity index (χ2v) is 9.46. The highest BCUT2D eigenvalue weighted by atomic mass is 79.9. The Labute approximate surface area is 178 Å². The van der Waals surface area contributed by atoms with Crippen molar-refractivity contribution in [3.63, 3.8) is 0 Å². The smallest absolute Gasteiger partial charge is 0.254 e. The largest absolute Gasteiger partial charge is 0.292 e. The third-order valence-electron chi connectivity index (χ3n) is 4.60. The van der Waals surface area contributed by atoms with E-state index in [4.69, 9.17) is 0 Å². The van der Waals surface area contributed by atoms with Gasteiger partial charge < -0.3 is 0 Å². The lowest BCUT2D eigenvalue weighted by molar-refractivity contribution is -0.122. The summed E-state index contributed by atoms with van der Waals surface area (Å²) in [6.45, 7) is 3.61. The minimum Gasteiger partial charge on any atom is -0.292 e. The topological polar surface area (TPSA) is 95.0 Å². The average molecular weight is 480 g/mol. The van der Waals surface area contributed by atoms with Crippen LogP contribution in [-0.4, -0.2) is 66.9 Å². The van der Waals surface area contributed by atoms with Gasteiger partial charge in [0.05, 0.1) is 17.2 Å². The number of benzene rings is 1. The van der Waals surface area contributed by atoms with Crippen LogP contribution < -0.4 is 5.43 Å². The molecular weight excluding hydrogens is 458 g/mol. The number of sulfonamides is 1. The van der Waals surface area contributed by atoms with Crippen LogP contribution in [0.3, 0.4) is 0 Å². The van der Waals surface area contributed by atoms with Gasteiger partial charge in [0.1, 0.15) is 0 Å². The summed E-state index contributed by atoms with van der Waals surface area (Å²) in [5, 5.41) is 4.11. The summed E-state index contributed by atoms with van der Waals surface area (Å²) in [5.74, 6) is -0.234. The highest BCUT2D eigenvalue weighted by molar-refractivity contribution is 9.10. The molecule has 3 rings (SSSR count). The third-order valence-corrected chi connectivity index (χ3v) is 7.04. The fourth-order valence-corrected chi connectivity index (χ4v) is 4.61. The lowest BCUT2D eigenvalue weighted by Crippen LogP contribution is -2.50. The van der Waals surface area contributed by atoms with Crippen molar-refractivity contribution in [1.82, 2.24) is 19.6 Å². The first-order valence-electron chi connectivity index (χ1n) is 9.08. The van der Waals surface area contributed by atoms with Gasteiger partial charge in [-0.15, -0.1) is 0 Å². The maximum absolute atomic E-state index is 12.7. The van der Waals surface area contributed by atoms with Crippen LogP contribution in [-0.2, 0) is 14.8 Å². The van der Waals surface area contributed by atoms with Crippen LogP contribution in [0.25, 0.3) is 0 Å². The number of pyridine rings is 1. The summed E-state index contributed by atoms with van der Waals surface area (Å²) in [4.78, 5) is 18.3. The Balaban J connectivity index is 1.50. The van der Waals surface area contributed by atoms with Crippen molar-refractivity contribution < 1.29 is 13.2 Å². The van der Waals surface area contributed by atoms with E-state index in [1.807, 2.05) is 17.0 Å². The van der Waals surface area contributed by atoms with Gasteiger partial charge in [-0.2, -0.15) is 9.41 Å². The van der Waals surface area contributed by atoms with Gasteiger partial charge in [-0.1, -0.05) is 15.9 Å². The number of rotatable bonds is 6. The summed E-state index contributed by atoms with van der Waals surface area (Å²) >= 11 is 3.31. The van der Waals surface area contributed by atoms with Gasteiger partial charge in [0, 0.05) is 48.6 Å². The van der Waals surface area contributed by atoms with Gasteiger partial charge in [0.2, 0.25) is 10.0 Å². The Morgan fingerprint density at radius 2 is 1.72 bits per heavy atom. The van der Waals surface area contributed by atoms with E-state index in [1.54, 1.807) is 43.6 Å². The first kappa shape index (κ1) is 21.6. The number of aromatic nitrogens is 1.